The number of H-pyrrole nitrogens is 1. The molecule has 4 rings (SSSR count). The molecule has 29 heavy (non-hydrogen) atoms. The molecule has 7 nitrogen and oxygen atoms in total. The van der Waals surface area contributed by atoms with Gasteiger partial charge in [0.05, 0.1) is 18.0 Å². The highest BCUT2D eigenvalue weighted by atomic mass is 32.2. The van der Waals surface area contributed by atoms with Gasteiger partial charge in [0.15, 0.2) is 0 Å². The molecular weight excluding hydrogens is 390 g/mol. The van der Waals surface area contributed by atoms with Crippen molar-refractivity contribution in [1.82, 2.24) is 14.2 Å². The van der Waals surface area contributed by atoms with Gasteiger partial charge in [-0.05, 0) is 31.2 Å². The van der Waals surface area contributed by atoms with Crippen LogP contribution in [0.15, 0.2) is 59.6 Å². The van der Waals surface area contributed by atoms with Crippen LogP contribution in [0.25, 0.3) is 10.9 Å². The Labute approximate surface area is 169 Å². The molecule has 1 fully saturated rings. The van der Waals surface area contributed by atoms with Crippen molar-refractivity contribution in [2.24, 2.45) is 0 Å². The number of sulfonamides is 1. The Hall–Kier alpha value is -2.84. The average molecular weight is 413 g/mol. The highest BCUT2D eigenvalue weighted by molar-refractivity contribution is 7.89. The topological polar surface area (TPSA) is 82.7 Å². The molecule has 3 aromatic rings. The molecule has 2 aromatic carbocycles. The summed E-state index contributed by atoms with van der Waals surface area (Å²) < 4.78 is 33.7. The number of fused-ring (bicyclic) bond motifs is 1. The maximum Gasteiger partial charge on any atom is 0.253 e. The van der Waals surface area contributed by atoms with Gasteiger partial charge in [-0.15, -0.1) is 0 Å². The van der Waals surface area contributed by atoms with E-state index in [2.05, 4.69) is 4.98 Å². The predicted molar refractivity (Wildman–Crippen MR) is 111 cm³/mol. The number of methoxy groups -OCH3 is 1. The molecule has 1 amide bonds. The molecule has 1 aliphatic rings. The van der Waals surface area contributed by atoms with Gasteiger partial charge in [-0.1, -0.05) is 24.3 Å². The molecular formula is C21H23N3O4S. The number of piperazine rings is 1. The van der Waals surface area contributed by atoms with Crippen molar-refractivity contribution in [3.05, 3.63) is 60.3 Å². The molecule has 1 aromatic heterocycles. The first-order valence-electron chi connectivity index (χ1n) is 9.43. The number of hydrogen-bond donors (Lipinski definition) is 1. The van der Waals surface area contributed by atoms with Crippen LogP contribution in [0.2, 0.25) is 0 Å². The molecule has 0 aliphatic carbocycles. The Balaban J connectivity index is 1.61. The maximum atomic E-state index is 13.4. The van der Waals surface area contributed by atoms with E-state index < -0.39 is 10.0 Å². The van der Waals surface area contributed by atoms with Gasteiger partial charge in [0.2, 0.25) is 10.0 Å². The van der Waals surface area contributed by atoms with Crippen LogP contribution in [0.3, 0.4) is 0 Å². The van der Waals surface area contributed by atoms with Gasteiger partial charge in [0.25, 0.3) is 5.91 Å². The first-order valence-corrected chi connectivity index (χ1v) is 10.9. The quantitative estimate of drug-likeness (QED) is 0.713. The summed E-state index contributed by atoms with van der Waals surface area (Å²) in [6.45, 7) is 2.75. The molecule has 1 saturated heterocycles. The number of nitrogens with zero attached hydrogens (tertiary/aromatic N) is 2. The van der Waals surface area contributed by atoms with Gasteiger partial charge < -0.3 is 14.6 Å². The Morgan fingerprint density at radius 2 is 1.86 bits per heavy atom. The van der Waals surface area contributed by atoms with E-state index in [9.17, 15) is 13.2 Å². The minimum Gasteiger partial charge on any atom is -0.496 e. The number of carbonyl (C=O) groups is 1. The van der Waals surface area contributed by atoms with Crippen molar-refractivity contribution in [1.29, 1.82) is 0 Å². The summed E-state index contributed by atoms with van der Waals surface area (Å²) in [7, 11) is -2.23. The number of rotatable bonds is 4. The van der Waals surface area contributed by atoms with Crippen LogP contribution in [0, 0.1) is 0 Å². The lowest BCUT2D eigenvalue weighted by molar-refractivity contribution is 0.0642. The van der Waals surface area contributed by atoms with Gasteiger partial charge in [-0.2, -0.15) is 4.31 Å². The van der Waals surface area contributed by atoms with E-state index in [1.165, 1.54) is 17.6 Å². The third kappa shape index (κ3) is 3.38. The lowest BCUT2D eigenvalue weighted by Crippen LogP contribution is -2.55. The highest BCUT2D eigenvalue weighted by Gasteiger charge is 2.37. The fourth-order valence-electron chi connectivity index (χ4n) is 3.87. The summed E-state index contributed by atoms with van der Waals surface area (Å²) in [5.74, 6) is 0.427. The van der Waals surface area contributed by atoms with Crippen LogP contribution in [0.5, 0.6) is 5.75 Å². The first kappa shape index (κ1) is 19.5. The number of aromatic amines is 1. The van der Waals surface area contributed by atoms with E-state index in [4.69, 9.17) is 4.74 Å². The molecule has 0 saturated carbocycles. The van der Waals surface area contributed by atoms with Crippen LogP contribution < -0.4 is 4.74 Å². The van der Waals surface area contributed by atoms with E-state index in [1.807, 2.05) is 37.3 Å². The van der Waals surface area contributed by atoms with Gasteiger partial charge in [-0.25, -0.2) is 8.42 Å². The van der Waals surface area contributed by atoms with Crippen LogP contribution in [-0.2, 0) is 10.0 Å². The van der Waals surface area contributed by atoms with Gasteiger partial charge in [0, 0.05) is 37.4 Å². The summed E-state index contributed by atoms with van der Waals surface area (Å²) in [6.07, 6.45) is 1.51. The monoisotopic (exact) mass is 413 g/mol. The Kier molecular flexibility index (Phi) is 5.06. The molecule has 0 bridgehead atoms. The standard InChI is InChI=1S/C21H23N3O4S/c1-15-14-23(21(25)16-7-4-3-5-8-16)11-12-24(15)29(26,27)19-13-22-17-9-6-10-18(28-2)20(17)19/h3-10,13,15,22H,11-12,14H2,1-2H3/t15-/m1/s1. The highest BCUT2D eigenvalue weighted by Crippen LogP contribution is 2.34. The van der Waals surface area contributed by atoms with E-state index in [0.717, 1.165) is 0 Å². The second-order valence-corrected chi connectivity index (χ2v) is 8.98. The molecule has 0 radical (unpaired) electrons. The fraction of sp³-hybridized carbons (Fsp3) is 0.286. The van der Waals surface area contributed by atoms with E-state index >= 15 is 0 Å². The summed E-state index contributed by atoms with van der Waals surface area (Å²) in [6, 6.07) is 14.1. The number of aromatic nitrogens is 1. The molecule has 0 spiro atoms. The minimum atomic E-state index is -3.76. The molecule has 0 unspecified atom stereocenters. The molecule has 1 N–H and O–H groups in total. The summed E-state index contributed by atoms with van der Waals surface area (Å²) in [5, 5.41) is 0.546. The SMILES string of the molecule is COc1cccc2[nH]cc(S(=O)(=O)N3CCN(C(=O)c4ccccc4)C[C@H]3C)c12. The maximum absolute atomic E-state index is 13.4. The largest absolute Gasteiger partial charge is 0.496 e. The van der Waals surface area contributed by atoms with Crippen molar-refractivity contribution in [2.45, 2.75) is 17.9 Å². The Bertz CT molecular complexity index is 1140. The molecule has 2 heterocycles. The minimum absolute atomic E-state index is 0.0803. The Morgan fingerprint density at radius 1 is 1.10 bits per heavy atom. The zero-order valence-corrected chi connectivity index (χ0v) is 17.1. The number of benzene rings is 2. The second-order valence-electron chi connectivity index (χ2n) is 7.12. The van der Waals surface area contributed by atoms with Crippen molar-refractivity contribution < 1.29 is 17.9 Å². The number of ether oxygens (including phenoxy) is 1. The van der Waals surface area contributed by atoms with E-state index in [0.29, 0.717) is 35.3 Å². The van der Waals surface area contributed by atoms with Crippen LogP contribution in [0.1, 0.15) is 17.3 Å². The fourth-order valence-corrected chi connectivity index (χ4v) is 5.66. The number of nitrogens with one attached hydrogen (secondary N) is 1. The lowest BCUT2D eigenvalue weighted by Gasteiger charge is -2.38. The van der Waals surface area contributed by atoms with Crippen LogP contribution >= 0.6 is 0 Å². The first-order chi connectivity index (χ1) is 13.9. The van der Waals surface area contributed by atoms with Gasteiger partial charge in [-0.3, -0.25) is 4.79 Å². The second kappa shape index (κ2) is 7.53. The van der Waals surface area contributed by atoms with Gasteiger partial charge in [0.1, 0.15) is 10.6 Å². The zero-order chi connectivity index (χ0) is 20.6. The third-order valence-corrected chi connectivity index (χ3v) is 7.35. The van der Waals surface area contributed by atoms with E-state index in [1.54, 1.807) is 23.1 Å². The summed E-state index contributed by atoms with van der Waals surface area (Å²) >= 11 is 0. The van der Waals surface area contributed by atoms with Gasteiger partial charge >= 0.3 is 0 Å². The average Bonchev–Trinajstić information content (AvgIpc) is 3.19. The molecule has 8 heteroatoms. The molecule has 1 aliphatic heterocycles. The molecule has 152 valence electrons. The lowest BCUT2D eigenvalue weighted by atomic mass is 10.1. The Morgan fingerprint density at radius 3 is 2.55 bits per heavy atom. The van der Waals surface area contributed by atoms with Crippen molar-refractivity contribution in [3.8, 4) is 5.75 Å². The van der Waals surface area contributed by atoms with Crippen molar-refractivity contribution >= 4 is 26.8 Å². The smallest absolute Gasteiger partial charge is 0.253 e. The number of amides is 1. The normalized spacial score (nSPS) is 18.1. The summed E-state index contributed by atoms with van der Waals surface area (Å²) in [5.41, 5.74) is 1.31. The van der Waals surface area contributed by atoms with Crippen molar-refractivity contribution in [2.75, 3.05) is 26.7 Å². The predicted octanol–water partition coefficient (Wildman–Crippen LogP) is 2.71. The third-order valence-electron chi connectivity index (χ3n) is 5.31. The number of hydrogen-bond acceptors (Lipinski definition) is 4. The zero-order valence-electron chi connectivity index (χ0n) is 16.3. The van der Waals surface area contributed by atoms with Crippen molar-refractivity contribution in [3.63, 3.8) is 0 Å². The summed E-state index contributed by atoms with van der Waals surface area (Å²) in [4.78, 5) is 17.7. The molecule has 1 atom stereocenters. The number of carbonyl (C=O) groups excluding carboxylic acids is 1. The van der Waals surface area contributed by atoms with Crippen LogP contribution in [0.4, 0.5) is 0 Å². The van der Waals surface area contributed by atoms with Crippen LogP contribution in [-0.4, -0.2) is 61.3 Å². The van der Waals surface area contributed by atoms with E-state index in [-0.39, 0.29) is 23.4 Å².